The van der Waals surface area contributed by atoms with E-state index in [-0.39, 0.29) is 17.5 Å². The number of rotatable bonds is 3. The molecule has 0 atom stereocenters. The van der Waals surface area contributed by atoms with Gasteiger partial charge in [0.05, 0.1) is 22.7 Å². The third-order valence-electron chi connectivity index (χ3n) is 6.75. The number of benzene rings is 1. The van der Waals surface area contributed by atoms with Crippen molar-refractivity contribution in [1.29, 1.82) is 0 Å². The zero-order valence-electron chi connectivity index (χ0n) is 17.8. The first kappa shape index (κ1) is 21.6. The van der Waals surface area contributed by atoms with Gasteiger partial charge in [-0.25, -0.2) is 9.48 Å². The molecule has 2 saturated heterocycles. The number of hydrogen-bond donors (Lipinski definition) is 1. The predicted molar refractivity (Wildman–Crippen MR) is 127 cm³/mol. The number of nitrogens with zero attached hydrogens (tertiary/aromatic N) is 4. The van der Waals surface area contributed by atoms with E-state index in [0.717, 1.165) is 34.3 Å². The van der Waals surface area contributed by atoms with Crippen LogP contribution in [-0.4, -0.2) is 63.7 Å². The van der Waals surface area contributed by atoms with Gasteiger partial charge in [0.15, 0.2) is 0 Å². The molecule has 1 spiro atoms. The Hall–Kier alpha value is -2.29. The number of likely N-dealkylation sites (N-methyl/N-ethyl adjacent to an activating group) is 1. The van der Waals surface area contributed by atoms with Crippen LogP contribution in [-0.2, 0) is 6.54 Å². The number of urea groups is 1. The highest BCUT2D eigenvalue weighted by Crippen LogP contribution is 2.34. The van der Waals surface area contributed by atoms with Gasteiger partial charge in [-0.05, 0) is 38.0 Å². The monoisotopic (exact) mass is 491 g/mol. The maximum atomic E-state index is 13.3. The van der Waals surface area contributed by atoms with Crippen molar-refractivity contribution in [2.24, 2.45) is 0 Å². The summed E-state index contributed by atoms with van der Waals surface area (Å²) < 4.78 is 1.87. The molecule has 0 radical (unpaired) electrons. The van der Waals surface area contributed by atoms with Crippen LogP contribution in [0.15, 0.2) is 24.3 Å². The molecule has 1 N–H and O–H groups in total. The molecular weight excluding hydrogens is 469 g/mol. The number of piperidine rings is 1. The van der Waals surface area contributed by atoms with E-state index in [1.165, 1.54) is 11.3 Å². The molecule has 5 rings (SSSR count). The molecule has 0 unspecified atom stereocenters. The average Bonchev–Trinajstić information content (AvgIpc) is 3.42. The van der Waals surface area contributed by atoms with Crippen LogP contribution in [0.3, 0.4) is 0 Å². The Kier molecular flexibility index (Phi) is 5.34. The second-order valence-electron chi connectivity index (χ2n) is 8.51. The van der Waals surface area contributed by atoms with Crippen molar-refractivity contribution in [1.82, 2.24) is 24.9 Å². The summed E-state index contributed by atoms with van der Waals surface area (Å²) in [5, 5.41) is 9.73. The zero-order valence-corrected chi connectivity index (χ0v) is 20.1. The third kappa shape index (κ3) is 3.45. The lowest BCUT2D eigenvalue weighted by atomic mass is 9.87. The SMILES string of the molecule is Cc1nn(Cc2c(Cl)cccc2Cl)c2sc(C(=O)N3CCC4(CC3)CNC(=O)N4C)cc12. The van der Waals surface area contributed by atoms with Gasteiger partial charge in [0.1, 0.15) is 4.83 Å². The van der Waals surface area contributed by atoms with Crippen LogP contribution in [0.4, 0.5) is 4.79 Å². The normalized spacial score (nSPS) is 18.1. The van der Waals surface area contributed by atoms with Crippen molar-refractivity contribution in [3.63, 3.8) is 0 Å². The second-order valence-corrected chi connectivity index (χ2v) is 10.4. The molecule has 2 aliphatic heterocycles. The Balaban J connectivity index is 1.37. The molecule has 168 valence electrons. The summed E-state index contributed by atoms with van der Waals surface area (Å²) in [7, 11) is 1.84. The molecule has 3 aromatic rings. The number of carbonyl (C=O) groups excluding carboxylic acids is 2. The first-order valence-electron chi connectivity index (χ1n) is 10.5. The van der Waals surface area contributed by atoms with Crippen LogP contribution < -0.4 is 5.32 Å². The quantitative estimate of drug-likeness (QED) is 0.590. The zero-order chi connectivity index (χ0) is 22.6. The van der Waals surface area contributed by atoms with E-state index < -0.39 is 0 Å². The van der Waals surface area contributed by atoms with Gasteiger partial charge >= 0.3 is 6.03 Å². The lowest BCUT2D eigenvalue weighted by Gasteiger charge is -2.42. The minimum Gasteiger partial charge on any atom is -0.338 e. The Labute approximate surface area is 199 Å². The number of carbonyl (C=O) groups is 2. The topological polar surface area (TPSA) is 70.5 Å². The van der Waals surface area contributed by atoms with Gasteiger partial charge in [0, 0.05) is 47.7 Å². The van der Waals surface area contributed by atoms with Crippen molar-refractivity contribution in [3.05, 3.63) is 50.4 Å². The number of aryl methyl sites for hydroxylation is 1. The predicted octanol–water partition coefficient (Wildman–Crippen LogP) is 4.39. The summed E-state index contributed by atoms with van der Waals surface area (Å²) in [6.45, 7) is 4.29. The molecule has 32 heavy (non-hydrogen) atoms. The van der Waals surface area contributed by atoms with Gasteiger partial charge in [-0.15, -0.1) is 11.3 Å². The molecule has 0 aliphatic carbocycles. The van der Waals surface area contributed by atoms with Crippen LogP contribution in [0, 0.1) is 6.92 Å². The maximum absolute atomic E-state index is 13.3. The highest BCUT2D eigenvalue weighted by Gasteiger charge is 2.45. The van der Waals surface area contributed by atoms with E-state index in [1.54, 1.807) is 4.90 Å². The number of amides is 3. The van der Waals surface area contributed by atoms with Crippen LogP contribution in [0.1, 0.15) is 33.8 Å². The number of thiophene rings is 1. The number of likely N-dealkylation sites (tertiary alicyclic amines) is 1. The molecule has 1 aromatic carbocycles. The van der Waals surface area contributed by atoms with Gasteiger partial charge in [0.25, 0.3) is 5.91 Å². The van der Waals surface area contributed by atoms with Crippen molar-refractivity contribution in [2.45, 2.75) is 31.8 Å². The van der Waals surface area contributed by atoms with E-state index in [9.17, 15) is 9.59 Å². The van der Waals surface area contributed by atoms with Gasteiger partial charge in [-0.2, -0.15) is 5.10 Å². The van der Waals surface area contributed by atoms with E-state index >= 15 is 0 Å². The van der Waals surface area contributed by atoms with Crippen LogP contribution >= 0.6 is 34.5 Å². The van der Waals surface area contributed by atoms with Gasteiger partial charge in [-0.1, -0.05) is 29.3 Å². The Morgan fingerprint density at radius 1 is 1.25 bits per heavy atom. The fraction of sp³-hybridized carbons (Fsp3) is 0.409. The first-order chi connectivity index (χ1) is 15.3. The average molecular weight is 492 g/mol. The Bertz CT molecular complexity index is 1210. The summed E-state index contributed by atoms with van der Waals surface area (Å²) in [4.78, 5) is 30.5. The largest absolute Gasteiger partial charge is 0.338 e. The molecule has 0 saturated carbocycles. The van der Waals surface area contributed by atoms with Crippen molar-refractivity contribution in [2.75, 3.05) is 26.7 Å². The number of nitrogens with one attached hydrogen (secondary N) is 1. The van der Waals surface area contributed by atoms with E-state index in [2.05, 4.69) is 10.4 Å². The fourth-order valence-electron chi connectivity index (χ4n) is 4.65. The maximum Gasteiger partial charge on any atom is 0.317 e. The van der Waals surface area contributed by atoms with Crippen LogP contribution in [0.5, 0.6) is 0 Å². The fourth-order valence-corrected chi connectivity index (χ4v) is 6.29. The molecule has 4 heterocycles. The summed E-state index contributed by atoms with van der Waals surface area (Å²) in [5.41, 5.74) is 1.50. The summed E-state index contributed by atoms with van der Waals surface area (Å²) in [6.07, 6.45) is 1.55. The highest BCUT2D eigenvalue weighted by molar-refractivity contribution is 7.20. The molecular formula is C22H23Cl2N5O2S. The van der Waals surface area contributed by atoms with Crippen molar-refractivity contribution in [3.8, 4) is 0 Å². The molecule has 2 fully saturated rings. The van der Waals surface area contributed by atoms with Crippen LogP contribution in [0.25, 0.3) is 10.2 Å². The lowest BCUT2D eigenvalue weighted by molar-refractivity contribution is 0.0569. The van der Waals surface area contributed by atoms with Gasteiger partial charge in [-0.3, -0.25) is 4.79 Å². The summed E-state index contributed by atoms with van der Waals surface area (Å²) in [6, 6.07) is 7.35. The molecule has 0 bridgehead atoms. The Morgan fingerprint density at radius 2 is 1.94 bits per heavy atom. The number of fused-ring (bicyclic) bond motifs is 1. The third-order valence-corrected chi connectivity index (χ3v) is 8.60. The van der Waals surface area contributed by atoms with Crippen molar-refractivity contribution >= 4 is 56.7 Å². The Morgan fingerprint density at radius 3 is 2.56 bits per heavy atom. The summed E-state index contributed by atoms with van der Waals surface area (Å²) in [5.74, 6) is 0.0303. The molecule has 3 amide bonds. The highest BCUT2D eigenvalue weighted by atomic mass is 35.5. The standard InChI is InChI=1S/C22H23Cl2N5O2S/c1-13-14-10-18(19(30)28-8-6-22(7-9-28)12-25-21(31)27(22)2)32-20(14)29(26-13)11-15-16(23)4-3-5-17(15)24/h3-5,10H,6-9,11-12H2,1-2H3,(H,25,31). The minimum absolute atomic E-state index is 0.0303. The van der Waals surface area contributed by atoms with Crippen molar-refractivity contribution < 1.29 is 9.59 Å². The first-order valence-corrected chi connectivity index (χ1v) is 12.1. The molecule has 2 aliphatic rings. The molecule has 7 nitrogen and oxygen atoms in total. The number of halogens is 2. The van der Waals surface area contributed by atoms with E-state index in [1.807, 2.05) is 47.8 Å². The smallest absolute Gasteiger partial charge is 0.317 e. The second kappa shape index (κ2) is 7.93. The van der Waals surface area contributed by atoms with Gasteiger partial charge in [0.2, 0.25) is 0 Å². The minimum atomic E-state index is -0.181. The number of hydrogen-bond acceptors (Lipinski definition) is 4. The number of aromatic nitrogens is 2. The van der Waals surface area contributed by atoms with E-state index in [0.29, 0.717) is 41.1 Å². The van der Waals surface area contributed by atoms with Gasteiger partial charge < -0.3 is 15.1 Å². The molecule has 10 heteroatoms. The van der Waals surface area contributed by atoms with E-state index in [4.69, 9.17) is 23.2 Å². The van der Waals surface area contributed by atoms with Crippen LogP contribution in [0.2, 0.25) is 10.0 Å². The summed E-state index contributed by atoms with van der Waals surface area (Å²) >= 11 is 14.2. The lowest BCUT2D eigenvalue weighted by Crippen LogP contribution is -2.54. The molecule has 2 aromatic heterocycles.